The molecular weight excluding hydrogens is 480 g/mol. The lowest BCUT2D eigenvalue weighted by atomic mass is 9.92. The molecule has 4 atom stereocenters. The molecule has 4 fully saturated rings. The second kappa shape index (κ2) is 8.50. The maximum absolute atomic E-state index is 12.4. The van der Waals surface area contributed by atoms with Gasteiger partial charge in [0.1, 0.15) is 47.5 Å². The lowest BCUT2D eigenvalue weighted by Crippen LogP contribution is -2.71. The molecule has 1 amide bonds. The van der Waals surface area contributed by atoms with Gasteiger partial charge in [0.25, 0.3) is 0 Å². The number of hydrogen-bond acceptors (Lipinski definition) is 10. The minimum Gasteiger partial charge on any atom is -0.444 e. The van der Waals surface area contributed by atoms with Crippen molar-refractivity contribution in [3.05, 3.63) is 24.2 Å². The Balaban J connectivity index is 1.16. The highest BCUT2D eigenvalue weighted by atomic mass is 16.8. The van der Waals surface area contributed by atoms with Crippen molar-refractivity contribution in [1.82, 2.24) is 24.4 Å². The fourth-order valence-electron chi connectivity index (χ4n) is 5.89. The molecule has 202 valence electrons. The topological polar surface area (TPSA) is 126 Å². The molecule has 0 unspecified atom stereocenters. The zero-order chi connectivity index (χ0) is 26.2. The number of amides is 1. The summed E-state index contributed by atoms with van der Waals surface area (Å²) < 4.78 is 32.7. The minimum atomic E-state index is -0.717. The molecule has 4 saturated heterocycles. The number of aromatic nitrogens is 3. The number of hydrogen-bond donors (Lipinski definition) is 1. The maximum Gasteiger partial charge on any atom is 0.410 e. The van der Waals surface area contributed by atoms with Crippen LogP contribution in [0.3, 0.4) is 0 Å². The third kappa shape index (κ3) is 4.54. The van der Waals surface area contributed by atoms with Crippen LogP contribution < -0.4 is 5.73 Å². The summed E-state index contributed by atoms with van der Waals surface area (Å²) in [7, 11) is 0. The molecule has 0 saturated carbocycles. The lowest BCUT2D eigenvalue weighted by Gasteiger charge is -2.53. The number of morpholine rings is 1. The van der Waals surface area contributed by atoms with Crippen LogP contribution in [-0.4, -0.2) is 105 Å². The molecule has 2 aromatic heterocycles. The zero-order valence-corrected chi connectivity index (χ0v) is 22.0. The Morgan fingerprint density at radius 2 is 1.95 bits per heavy atom. The SMILES string of the molecule is CC(C)(C)OC(=O)N1CC2(CN(C[C@H]3O[C@@H](c4ccc5c(N)ncnn45)[C@@H]4OC(C)(C)O[C@@H]43)CCO2)C1. The van der Waals surface area contributed by atoms with E-state index in [2.05, 4.69) is 15.0 Å². The van der Waals surface area contributed by atoms with Gasteiger partial charge in [-0.25, -0.2) is 14.3 Å². The molecule has 0 bridgehead atoms. The average molecular weight is 517 g/mol. The van der Waals surface area contributed by atoms with Crippen molar-refractivity contribution in [1.29, 1.82) is 0 Å². The first-order valence-corrected chi connectivity index (χ1v) is 12.9. The molecule has 4 aliphatic rings. The Bertz CT molecular complexity index is 1190. The molecule has 2 aromatic rings. The Morgan fingerprint density at radius 3 is 2.70 bits per heavy atom. The van der Waals surface area contributed by atoms with E-state index in [0.717, 1.165) is 17.8 Å². The van der Waals surface area contributed by atoms with E-state index >= 15 is 0 Å². The van der Waals surface area contributed by atoms with Crippen LogP contribution >= 0.6 is 0 Å². The second-order valence-electron chi connectivity index (χ2n) is 12.0. The fourth-order valence-corrected chi connectivity index (χ4v) is 5.89. The minimum absolute atomic E-state index is 0.210. The first-order valence-electron chi connectivity index (χ1n) is 12.9. The number of fused-ring (bicyclic) bond motifs is 2. The summed E-state index contributed by atoms with van der Waals surface area (Å²) >= 11 is 0. The fraction of sp³-hybridized carbons (Fsp3) is 0.720. The molecular formula is C25H36N6O6. The van der Waals surface area contributed by atoms with E-state index in [4.69, 9.17) is 29.4 Å². The van der Waals surface area contributed by atoms with E-state index in [1.165, 1.54) is 6.33 Å². The van der Waals surface area contributed by atoms with Crippen LogP contribution in [-0.2, 0) is 23.7 Å². The summed E-state index contributed by atoms with van der Waals surface area (Å²) in [6, 6.07) is 3.86. The Morgan fingerprint density at radius 1 is 1.19 bits per heavy atom. The van der Waals surface area contributed by atoms with Gasteiger partial charge in [0.15, 0.2) is 11.6 Å². The number of ether oxygens (including phenoxy) is 5. The number of rotatable bonds is 3. The van der Waals surface area contributed by atoms with Crippen LogP contribution in [0.4, 0.5) is 10.6 Å². The van der Waals surface area contributed by atoms with Crippen molar-refractivity contribution in [3.8, 4) is 0 Å². The van der Waals surface area contributed by atoms with E-state index in [0.29, 0.717) is 38.6 Å². The zero-order valence-electron chi connectivity index (χ0n) is 22.0. The highest BCUT2D eigenvalue weighted by Crippen LogP contribution is 2.46. The maximum atomic E-state index is 12.4. The lowest BCUT2D eigenvalue weighted by molar-refractivity contribution is -0.200. The van der Waals surface area contributed by atoms with Crippen molar-refractivity contribution in [3.63, 3.8) is 0 Å². The number of nitrogen functional groups attached to an aromatic ring is 1. The Labute approximate surface area is 215 Å². The molecule has 37 heavy (non-hydrogen) atoms. The molecule has 4 aliphatic heterocycles. The molecule has 0 aromatic carbocycles. The summed E-state index contributed by atoms with van der Waals surface area (Å²) in [5.74, 6) is -0.305. The van der Waals surface area contributed by atoms with Gasteiger partial charge in [-0.05, 0) is 46.8 Å². The summed E-state index contributed by atoms with van der Waals surface area (Å²) in [4.78, 5) is 20.6. The average Bonchev–Trinajstić information content (AvgIpc) is 3.43. The van der Waals surface area contributed by atoms with Crippen LogP contribution in [0.5, 0.6) is 0 Å². The monoisotopic (exact) mass is 516 g/mol. The summed E-state index contributed by atoms with van der Waals surface area (Å²) in [5, 5.41) is 4.40. The van der Waals surface area contributed by atoms with E-state index in [-0.39, 0.29) is 36.1 Å². The largest absolute Gasteiger partial charge is 0.444 e. The van der Waals surface area contributed by atoms with Crippen molar-refractivity contribution in [2.24, 2.45) is 0 Å². The van der Waals surface area contributed by atoms with Crippen LogP contribution in [0.15, 0.2) is 18.5 Å². The van der Waals surface area contributed by atoms with Crippen molar-refractivity contribution < 1.29 is 28.5 Å². The van der Waals surface area contributed by atoms with Gasteiger partial charge in [0.05, 0.1) is 25.4 Å². The molecule has 0 radical (unpaired) electrons. The third-order valence-corrected chi connectivity index (χ3v) is 7.33. The first kappa shape index (κ1) is 24.8. The number of carbonyl (C=O) groups is 1. The first-order chi connectivity index (χ1) is 17.4. The van der Waals surface area contributed by atoms with Gasteiger partial charge in [-0.15, -0.1) is 0 Å². The predicted molar refractivity (Wildman–Crippen MR) is 132 cm³/mol. The molecule has 6 rings (SSSR count). The van der Waals surface area contributed by atoms with Crippen LogP contribution in [0, 0.1) is 0 Å². The van der Waals surface area contributed by atoms with Crippen molar-refractivity contribution >= 4 is 17.4 Å². The van der Waals surface area contributed by atoms with Crippen LogP contribution in [0.25, 0.3) is 5.52 Å². The summed E-state index contributed by atoms with van der Waals surface area (Å²) in [5.41, 5.74) is 6.73. The molecule has 6 heterocycles. The summed E-state index contributed by atoms with van der Waals surface area (Å²) in [6.07, 6.45) is 0.0525. The van der Waals surface area contributed by atoms with Gasteiger partial charge in [0.2, 0.25) is 0 Å². The predicted octanol–water partition coefficient (Wildman–Crippen LogP) is 1.59. The highest BCUT2D eigenvalue weighted by molar-refractivity contribution is 5.69. The normalized spacial score (nSPS) is 31.0. The highest BCUT2D eigenvalue weighted by Gasteiger charge is 2.57. The molecule has 0 aliphatic carbocycles. The standard InChI is InChI=1S/C25H36N6O6/c1-23(2,3)37-22(32)30-12-25(13-30)11-29(8-9-33-25)10-17-19-20(36-24(4,5)35-19)18(34-17)15-6-7-16-21(26)27-14-28-31(15)16/h6-7,14,17-20H,8-13H2,1-5H3,(H2,26,27,28)/t17-,18+,19-,20+/m1/s1. The third-order valence-electron chi connectivity index (χ3n) is 7.33. The number of nitrogens with two attached hydrogens (primary N) is 1. The van der Waals surface area contributed by atoms with Crippen LogP contribution in [0.1, 0.15) is 46.4 Å². The number of carbonyl (C=O) groups excluding carboxylic acids is 1. The number of anilines is 1. The molecule has 12 nitrogen and oxygen atoms in total. The quantitative estimate of drug-likeness (QED) is 0.643. The van der Waals surface area contributed by atoms with E-state index in [1.807, 2.05) is 46.8 Å². The smallest absolute Gasteiger partial charge is 0.410 e. The molecule has 12 heteroatoms. The number of nitrogens with zero attached hydrogens (tertiary/aromatic N) is 5. The summed E-state index contributed by atoms with van der Waals surface area (Å²) in [6.45, 7) is 13.2. The van der Waals surface area contributed by atoms with Gasteiger partial charge in [-0.3, -0.25) is 4.90 Å². The van der Waals surface area contributed by atoms with Crippen LogP contribution in [0.2, 0.25) is 0 Å². The van der Waals surface area contributed by atoms with E-state index in [9.17, 15) is 4.79 Å². The molecule has 1 spiro atoms. The van der Waals surface area contributed by atoms with Crippen molar-refractivity contribution in [2.75, 3.05) is 45.1 Å². The second-order valence-corrected chi connectivity index (χ2v) is 12.0. The van der Waals surface area contributed by atoms with Gasteiger partial charge in [0, 0.05) is 19.6 Å². The van der Waals surface area contributed by atoms with Gasteiger partial charge < -0.3 is 34.3 Å². The van der Waals surface area contributed by atoms with E-state index in [1.54, 1.807) is 9.42 Å². The van der Waals surface area contributed by atoms with Crippen molar-refractivity contribution in [2.45, 2.75) is 76.0 Å². The Kier molecular flexibility index (Phi) is 5.70. The van der Waals surface area contributed by atoms with Gasteiger partial charge in [-0.1, -0.05) is 0 Å². The van der Waals surface area contributed by atoms with Gasteiger partial charge in [-0.2, -0.15) is 5.10 Å². The number of likely N-dealkylation sites (tertiary alicyclic amines) is 1. The Hall–Kier alpha value is -2.51. The van der Waals surface area contributed by atoms with E-state index < -0.39 is 11.4 Å². The van der Waals surface area contributed by atoms with Gasteiger partial charge >= 0.3 is 6.09 Å². The molecule has 2 N–H and O–H groups in total.